The van der Waals surface area contributed by atoms with E-state index in [-0.39, 0.29) is 5.78 Å². The topological polar surface area (TPSA) is 111 Å². The molecule has 146 valence electrons. The molecule has 28 heavy (non-hydrogen) atoms. The maximum absolute atomic E-state index is 11.9. The van der Waals surface area contributed by atoms with Gasteiger partial charge in [-0.3, -0.25) is 25.2 Å². The molecule has 0 bridgehead atoms. The molecule has 0 radical (unpaired) electrons. The number of benzene rings is 2. The maximum atomic E-state index is 11.9. The van der Waals surface area contributed by atoms with E-state index in [0.29, 0.717) is 16.9 Å². The van der Waals surface area contributed by atoms with Crippen molar-refractivity contribution in [1.29, 1.82) is 0 Å². The summed E-state index contributed by atoms with van der Waals surface area (Å²) in [5.74, 6) is -1.64. The zero-order chi connectivity index (χ0) is 20.5. The van der Waals surface area contributed by atoms with Gasteiger partial charge in [-0.1, -0.05) is 18.2 Å². The van der Waals surface area contributed by atoms with Crippen LogP contribution < -0.4 is 15.6 Å². The molecule has 2 aromatic rings. The first kappa shape index (κ1) is 20.6. The summed E-state index contributed by atoms with van der Waals surface area (Å²) in [5.41, 5.74) is 5.32. The van der Waals surface area contributed by atoms with Crippen LogP contribution in [0, 0.1) is 0 Å². The second-order valence-corrected chi connectivity index (χ2v) is 5.81. The van der Waals surface area contributed by atoms with Crippen molar-refractivity contribution in [2.45, 2.75) is 20.0 Å². The Bertz CT molecular complexity index is 849. The molecule has 0 unspecified atom stereocenters. The van der Waals surface area contributed by atoms with Crippen LogP contribution >= 0.6 is 0 Å². The largest absolute Gasteiger partial charge is 0.482 e. The van der Waals surface area contributed by atoms with Crippen molar-refractivity contribution in [3.8, 4) is 5.75 Å². The number of ketones is 1. The molecule has 0 heterocycles. The number of hydrogen-bond acceptors (Lipinski definition) is 6. The van der Waals surface area contributed by atoms with Gasteiger partial charge < -0.3 is 9.47 Å². The van der Waals surface area contributed by atoms with Gasteiger partial charge in [-0.15, -0.1) is 0 Å². The molecule has 2 aromatic carbocycles. The Morgan fingerprint density at radius 3 is 2.14 bits per heavy atom. The quantitative estimate of drug-likeness (QED) is 0.427. The molecule has 0 aliphatic heterocycles. The molecule has 0 spiro atoms. The fraction of sp³-hybridized carbons (Fsp3) is 0.200. The van der Waals surface area contributed by atoms with Crippen molar-refractivity contribution in [2.24, 2.45) is 0 Å². The number of hydrogen-bond donors (Lipinski definition) is 2. The number of amides is 2. The SMILES string of the molecule is CC(=O)c1ccc(OCC(=O)O[C@@H](C)C(=O)NNC(=O)c2ccccc2)cc1. The monoisotopic (exact) mass is 384 g/mol. The summed E-state index contributed by atoms with van der Waals surface area (Å²) >= 11 is 0. The van der Waals surface area contributed by atoms with E-state index in [0.717, 1.165) is 0 Å². The zero-order valence-electron chi connectivity index (χ0n) is 15.4. The summed E-state index contributed by atoms with van der Waals surface area (Å²) < 4.78 is 10.2. The molecule has 0 aliphatic rings. The summed E-state index contributed by atoms with van der Waals surface area (Å²) in [6.45, 7) is 2.40. The van der Waals surface area contributed by atoms with E-state index in [4.69, 9.17) is 9.47 Å². The number of nitrogens with one attached hydrogen (secondary N) is 2. The fourth-order valence-electron chi connectivity index (χ4n) is 2.09. The van der Waals surface area contributed by atoms with Crippen molar-refractivity contribution < 1.29 is 28.7 Å². The van der Waals surface area contributed by atoms with Crippen LogP contribution in [-0.2, 0) is 14.3 Å². The molecule has 1 atom stereocenters. The van der Waals surface area contributed by atoms with Gasteiger partial charge in [0.05, 0.1) is 0 Å². The minimum atomic E-state index is -1.13. The van der Waals surface area contributed by atoms with Crippen LogP contribution in [0.25, 0.3) is 0 Å². The highest BCUT2D eigenvalue weighted by Crippen LogP contribution is 2.12. The number of carbonyl (C=O) groups excluding carboxylic acids is 4. The normalized spacial score (nSPS) is 11.1. The van der Waals surface area contributed by atoms with Crippen molar-refractivity contribution in [2.75, 3.05) is 6.61 Å². The van der Waals surface area contributed by atoms with Gasteiger partial charge in [-0.2, -0.15) is 0 Å². The fourth-order valence-corrected chi connectivity index (χ4v) is 2.09. The number of esters is 1. The highest BCUT2D eigenvalue weighted by molar-refractivity contribution is 5.96. The summed E-state index contributed by atoms with van der Waals surface area (Å²) in [5, 5.41) is 0. The molecular formula is C20H20N2O6. The molecule has 0 saturated heterocycles. The predicted molar refractivity (Wildman–Crippen MR) is 99.5 cm³/mol. The van der Waals surface area contributed by atoms with E-state index in [1.165, 1.54) is 13.8 Å². The Morgan fingerprint density at radius 1 is 0.893 bits per heavy atom. The molecule has 0 fully saturated rings. The van der Waals surface area contributed by atoms with Gasteiger partial charge in [0.15, 0.2) is 18.5 Å². The summed E-state index contributed by atoms with van der Waals surface area (Å²) in [6.07, 6.45) is -1.13. The molecule has 2 amide bonds. The third-order valence-corrected chi connectivity index (χ3v) is 3.63. The van der Waals surface area contributed by atoms with Crippen LogP contribution in [-0.4, -0.2) is 36.3 Å². The Kier molecular flexibility index (Phi) is 7.27. The molecule has 8 nitrogen and oxygen atoms in total. The van der Waals surface area contributed by atoms with Crippen LogP contribution in [0.1, 0.15) is 34.6 Å². The number of rotatable bonds is 7. The van der Waals surface area contributed by atoms with E-state index in [1.54, 1.807) is 54.6 Å². The lowest BCUT2D eigenvalue weighted by molar-refractivity contribution is -0.156. The van der Waals surface area contributed by atoms with Crippen LogP contribution in [0.5, 0.6) is 5.75 Å². The van der Waals surface area contributed by atoms with Gasteiger partial charge in [0.25, 0.3) is 11.8 Å². The second-order valence-electron chi connectivity index (χ2n) is 5.81. The lowest BCUT2D eigenvalue weighted by Crippen LogP contribution is -2.47. The molecule has 8 heteroatoms. The van der Waals surface area contributed by atoms with Crippen molar-refractivity contribution in [3.05, 3.63) is 65.7 Å². The van der Waals surface area contributed by atoms with Gasteiger partial charge in [0, 0.05) is 11.1 Å². The predicted octanol–water partition coefficient (Wildman–Crippen LogP) is 1.66. The van der Waals surface area contributed by atoms with Crippen LogP contribution in [0.3, 0.4) is 0 Å². The highest BCUT2D eigenvalue weighted by Gasteiger charge is 2.19. The highest BCUT2D eigenvalue weighted by atomic mass is 16.6. The minimum absolute atomic E-state index is 0.0786. The van der Waals surface area contributed by atoms with Crippen molar-refractivity contribution >= 4 is 23.6 Å². The Labute approximate surface area is 161 Å². The third-order valence-electron chi connectivity index (χ3n) is 3.63. The number of Topliss-reactive ketones (excluding diaryl/α,β-unsaturated/α-hetero) is 1. The maximum Gasteiger partial charge on any atom is 0.344 e. The summed E-state index contributed by atoms with van der Waals surface area (Å²) in [7, 11) is 0. The Morgan fingerprint density at radius 2 is 1.54 bits per heavy atom. The van der Waals surface area contributed by atoms with E-state index in [9.17, 15) is 19.2 Å². The molecule has 2 N–H and O–H groups in total. The Hall–Kier alpha value is -3.68. The van der Waals surface area contributed by atoms with Gasteiger partial charge >= 0.3 is 5.97 Å². The van der Waals surface area contributed by atoms with E-state index in [2.05, 4.69) is 10.9 Å². The zero-order valence-corrected chi connectivity index (χ0v) is 15.4. The molecule has 0 saturated carbocycles. The average Bonchev–Trinajstić information content (AvgIpc) is 2.71. The number of ether oxygens (including phenoxy) is 2. The van der Waals surface area contributed by atoms with Gasteiger partial charge in [-0.25, -0.2) is 4.79 Å². The van der Waals surface area contributed by atoms with Crippen molar-refractivity contribution in [1.82, 2.24) is 10.9 Å². The smallest absolute Gasteiger partial charge is 0.344 e. The number of carbonyl (C=O) groups is 4. The minimum Gasteiger partial charge on any atom is -0.482 e. The lowest BCUT2D eigenvalue weighted by atomic mass is 10.1. The molecular weight excluding hydrogens is 364 g/mol. The first-order chi connectivity index (χ1) is 13.4. The molecule has 0 aromatic heterocycles. The van der Waals surface area contributed by atoms with E-state index >= 15 is 0 Å². The third kappa shape index (κ3) is 6.24. The summed E-state index contributed by atoms with van der Waals surface area (Å²) in [4.78, 5) is 46.8. The van der Waals surface area contributed by atoms with Crippen LogP contribution in [0.2, 0.25) is 0 Å². The van der Waals surface area contributed by atoms with Crippen LogP contribution in [0.4, 0.5) is 0 Å². The Balaban J connectivity index is 1.74. The molecule has 2 rings (SSSR count). The second kappa shape index (κ2) is 9.86. The summed E-state index contributed by atoms with van der Waals surface area (Å²) in [6, 6.07) is 14.6. The standard InChI is InChI=1S/C20H20N2O6/c1-13(23)15-8-10-17(11-9-15)27-12-18(24)28-14(2)19(25)21-22-20(26)16-6-4-3-5-7-16/h3-11,14H,12H2,1-2H3,(H,21,25)(H,22,26)/t14-/m0/s1. The lowest BCUT2D eigenvalue weighted by Gasteiger charge is -2.14. The van der Waals surface area contributed by atoms with E-state index < -0.39 is 30.5 Å². The van der Waals surface area contributed by atoms with Crippen LogP contribution in [0.15, 0.2) is 54.6 Å². The van der Waals surface area contributed by atoms with Gasteiger partial charge in [-0.05, 0) is 50.2 Å². The molecule has 0 aliphatic carbocycles. The first-order valence-electron chi connectivity index (χ1n) is 8.45. The average molecular weight is 384 g/mol. The van der Waals surface area contributed by atoms with Crippen molar-refractivity contribution in [3.63, 3.8) is 0 Å². The van der Waals surface area contributed by atoms with E-state index in [1.807, 2.05) is 0 Å². The number of hydrazine groups is 1. The van der Waals surface area contributed by atoms with Gasteiger partial charge in [0.2, 0.25) is 0 Å². The first-order valence-corrected chi connectivity index (χ1v) is 8.45. The van der Waals surface area contributed by atoms with Gasteiger partial charge in [0.1, 0.15) is 5.75 Å².